The molecule has 0 aromatic rings. The van der Waals surface area contributed by atoms with Crippen molar-refractivity contribution in [3.8, 4) is 0 Å². The molecule has 0 aromatic heterocycles. The SMILES string of the molecule is C[C](=[Hf+2])C(C)C. The predicted octanol–water partition coefficient (Wildman–Crippen LogP) is 1.38. The van der Waals surface area contributed by atoms with E-state index in [1.165, 1.54) is 23.9 Å². The van der Waals surface area contributed by atoms with Crippen LogP contribution >= 0.6 is 0 Å². The van der Waals surface area contributed by atoms with Crippen molar-refractivity contribution >= 4 is 3.26 Å². The Morgan fingerprint density at radius 3 is 1.67 bits per heavy atom. The second-order valence-corrected chi connectivity index (χ2v) is 4.67. The van der Waals surface area contributed by atoms with Crippen LogP contribution < -0.4 is 0 Å². The summed E-state index contributed by atoms with van der Waals surface area (Å²) in [5, 5.41) is 0. The quantitative estimate of drug-likeness (QED) is 0.615. The van der Waals surface area contributed by atoms with Crippen molar-refractivity contribution in [3.05, 3.63) is 0 Å². The Kier molecular flexibility index (Phi) is 3.19. The van der Waals surface area contributed by atoms with Gasteiger partial charge in [-0.2, -0.15) is 0 Å². The molecule has 0 amide bonds. The summed E-state index contributed by atoms with van der Waals surface area (Å²) in [6, 6.07) is 0. The maximum atomic E-state index is 2.24. The van der Waals surface area contributed by atoms with E-state index in [2.05, 4.69) is 20.8 Å². The van der Waals surface area contributed by atoms with E-state index in [0.29, 0.717) is 0 Å². The fourth-order valence-electron chi connectivity index (χ4n) is 0. The molecule has 0 atom stereocenters. The fraction of sp³-hybridized carbons (Fsp3) is 0.800. The van der Waals surface area contributed by atoms with E-state index in [1.807, 2.05) is 0 Å². The van der Waals surface area contributed by atoms with E-state index >= 15 is 0 Å². The number of hydrogen-bond acceptors (Lipinski definition) is 0. The molecule has 0 aliphatic rings. The summed E-state index contributed by atoms with van der Waals surface area (Å²) in [5.74, 6) is 0.830. The average molecular weight is 249 g/mol. The van der Waals surface area contributed by atoms with Gasteiger partial charge in [-0.3, -0.25) is 0 Å². The molecule has 0 saturated carbocycles. The Bertz CT molecular complexity index is 55.0. The monoisotopic (exact) mass is 250 g/mol. The van der Waals surface area contributed by atoms with Crippen LogP contribution in [0.5, 0.6) is 0 Å². The number of rotatable bonds is 1. The van der Waals surface area contributed by atoms with Gasteiger partial charge in [0.25, 0.3) is 0 Å². The van der Waals surface area contributed by atoms with Gasteiger partial charge in [0, 0.05) is 0 Å². The van der Waals surface area contributed by atoms with Gasteiger partial charge in [-0.1, -0.05) is 0 Å². The first-order valence-corrected chi connectivity index (χ1v) is 3.99. The van der Waals surface area contributed by atoms with Gasteiger partial charge in [-0.15, -0.1) is 0 Å². The van der Waals surface area contributed by atoms with Gasteiger partial charge in [-0.25, -0.2) is 0 Å². The summed E-state index contributed by atoms with van der Waals surface area (Å²) in [6.07, 6.45) is 0. The van der Waals surface area contributed by atoms with Gasteiger partial charge in [0.15, 0.2) is 0 Å². The van der Waals surface area contributed by atoms with Crippen LogP contribution in [0.25, 0.3) is 0 Å². The van der Waals surface area contributed by atoms with E-state index < -0.39 is 0 Å². The van der Waals surface area contributed by atoms with Crippen molar-refractivity contribution in [2.24, 2.45) is 5.92 Å². The predicted molar refractivity (Wildman–Crippen MR) is 25.5 cm³/mol. The van der Waals surface area contributed by atoms with Gasteiger partial charge in [0.05, 0.1) is 0 Å². The molecular weight excluding hydrogens is 239 g/mol. The van der Waals surface area contributed by atoms with E-state index in [0.717, 1.165) is 5.92 Å². The zero-order valence-electron chi connectivity index (χ0n) is 4.58. The third kappa shape index (κ3) is 2.95. The second kappa shape index (κ2) is 2.84. The third-order valence-electron chi connectivity index (χ3n) is 0.866. The van der Waals surface area contributed by atoms with Crippen LogP contribution in [-0.2, 0) is 23.9 Å². The summed E-state index contributed by atoms with van der Waals surface area (Å²) in [7, 11) is 0. The van der Waals surface area contributed by atoms with Gasteiger partial charge < -0.3 is 0 Å². The molecule has 0 fully saturated rings. The molecule has 0 aromatic carbocycles. The molecule has 0 spiro atoms. The number of hydrogen-bond donors (Lipinski definition) is 0. The Morgan fingerprint density at radius 1 is 1.50 bits per heavy atom. The topological polar surface area (TPSA) is 0 Å². The molecule has 0 N–H and O–H groups in total. The first-order chi connectivity index (χ1) is 2.64. The van der Waals surface area contributed by atoms with Crippen LogP contribution in [0.2, 0.25) is 0 Å². The van der Waals surface area contributed by atoms with E-state index in [4.69, 9.17) is 0 Å². The molecule has 0 bridgehead atoms. The fourth-order valence-corrected chi connectivity index (χ4v) is 0. The summed E-state index contributed by atoms with van der Waals surface area (Å²) < 4.78 is 1.65. The van der Waals surface area contributed by atoms with E-state index in [-0.39, 0.29) is 0 Å². The molecule has 0 rings (SSSR count). The Labute approximate surface area is 54.0 Å². The van der Waals surface area contributed by atoms with Crippen molar-refractivity contribution in [1.82, 2.24) is 0 Å². The van der Waals surface area contributed by atoms with Gasteiger partial charge >= 0.3 is 53.8 Å². The minimum absolute atomic E-state index is 0.830. The summed E-state index contributed by atoms with van der Waals surface area (Å²) in [6.45, 7) is 6.70. The first-order valence-electron chi connectivity index (χ1n) is 2.19. The van der Waals surface area contributed by atoms with Crippen molar-refractivity contribution in [2.75, 3.05) is 0 Å². The van der Waals surface area contributed by atoms with Crippen LogP contribution in [0.3, 0.4) is 0 Å². The van der Waals surface area contributed by atoms with Crippen molar-refractivity contribution in [3.63, 3.8) is 0 Å². The van der Waals surface area contributed by atoms with E-state index in [1.54, 1.807) is 3.26 Å². The molecule has 0 aliphatic carbocycles. The van der Waals surface area contributed by atoms with Crippen LogP contribution in [-0.4, -0.2) is 3.26 Å². The van der Waals surface area contributed by atoms with E-state index in [9.17, 15) is 0 Å². The first kappa shape index (κ1) is 6.74. The molecule has 0 heterocycles. The normalized spacial score (nSPS) is 9.67. The Balaban J connectivity index is 3.26. The van der Waals surface area contributed by atoms with Crippen LogP contribution in [0.15, 0.2) is 0 Å². The molecule has 0 unspecified atom stereocenters. The molecule has 0 nitrogen and oxygen atoms in total. The maximum absolute atomic E-state index is 2.24. The Morgan fingerprint density at radius 2 is 1.67 bits per heavy atom. The summed E-state index contributed by atoms with van der Waals surface area (Å²) >= 11 is 1.27. The summed E-state index contributed by atoms with van der Waals surface area (Å²) in [5.41, 5.74) is 0. The van der Waals surface area contributed by atoms with Crippen LogP contribution in [0.1, 0.15) is 20.8 Å². The molecule has 0 saturated heterocycles. The molecule has 0 radical (unpaired) electrons. The van der Waals surface area contributed by atoms with Gasteiger partial charge in [-0.05, 0) is 0 Å². The zero-order chi connectivity index (χ0) is 5.15. The minimum atomic E-state index is 0.830. The molecule has 1 heteroatoms. The zero-order valence-corrected chi connectivity index (χ0v) is 8.17. The van der Waals surface area contributed by atoms with Gasteiger partial charge in [0.2, 0.25) is 0 Å². The Hall–Kier alpha value is 0.740. The standard InChI is InChI=1S/C5H10.Hf/c1-4-5(2)3;/h5H,1-3H3;/q;+2. The third-order valence-corrected chi connectivity index (χ3v) is 2.94. The van der Waals surface area contributed by atoms with Crippen molar-refractivity contribution < 1.29 is 23.9 Å². The second-order valence-electron chi connectivity index (χ2n) is 1.84. The summed E-state index contributed by atoms with van der Waals surface area (Å²) in [4.78, 5) is 0. The van der Waals surface area contributed by atoms with Crippen LogP contribution in [0.4, 0.5) is 0 Å². The average Bonchev–Trinajstić information content (AvgIpc) is 1.36. The van der Waals surface area contributed by atoms with Crippen molar-refractivity contribution in [1.29, 1.82) is 0 Å². The van der Waals surface area contributed by atoms with Crippen LogP contribution in [0, 0.1) is 5.92 Å². The van der Waals surface area contributed by atoms with Crippen molar-refractivity contribution in [2.45, 2.75) is 20.8 Å². The molecule has 32 valence electrons. The molecule has 0 aliphatic heterocycles. The van der Waals surface area contributed by atoms with Gasteiger partial charge in [0.1, 0.15) is 0 Å². The molecular formula is C5H10Hf+2. The molecule has 6 heavy (non-hydrogen) atoms.